The number of rotatable bonds is 14. The Hall–Kier alpha value is -2.68. The number of carbonyl (C=O) groups excluding carboxylic acids is 1. The van der Waals surface area contributed by atoms with Crippen molar-refractivity contribution in [3.05, 3.63) is 46.7 Å². The van der Waals surface area contributed by atoms with Crippen molar-refractivity contribution in [2.24, 2.45) is 5.92 Å². The van der Waals surface area contributed by atoms with Crippen LogP contribution in [-0.2, 0) is 11.2 Å². The molecule has 2 aliphatic rings. The Morgan fingerprint density at radius 1 is 1.00 bits per heavy atom. The predicted octanol–water partition coefficient (Wildman–Crippen LogP) is 1.64. The van der Waals surface area contributed by atoms with Crippen LogP contribution in [0.4, 0.5) is 14.7 Å². The lowest BCUT2D eigenvalue weighted by Crippen LogP contribution is -2.52. The van der Waals surface area contributed by atoms with Crippen molar-refractivity contribution in [1.82, 2.24) is 19.8 Å². The van der Waals surface area contributed by atoms with Crippen molar-refractivity contribution >= 4 is 23.5 Å². The molecule has 1 amide bonds. The molecule has 1 aromatic heterocycles. The van der Waals surface area contributed by atoms with E-state index in [0.29, 0.717) is 49.7 Å². The van der Waals surface area contributed by atoms with Crippen LogP contribution >= 0.6 is 11.6 Å². The number of piperazine rings is 1. The maximum Gasteiger partial charge on any atom is 0.227 e. The molecular weight excluding hydrogens is 600 g/mol. The van der Waals surface area contributed by atoms with Crippen LogP contribution in [0.15, 0.2) is 24.5 Å². The minimum absolute atomic E-state index is 0.0896. The van der Waals surface area contributed by atoms with E-state index in [2.05, 4.69) is 14.9 Å². The highest BCUT2D eigenvalue weighted by Gasteiger charge is 2.27. The number of piperidine rings is 1. The van der Waals surface area contributed by atoms with E-state index in [1.165, 1.54) is 4.90 Å². The molecule has 2 saturated heterocycles. The summed E-state index contributed by atoms with van der Waals surface area (Å²) in [5.41, 5.74) is -0.304. The fourth-order valence-electron chi connectivity index (χ4n) is 5.62. The molecule has 44 heavy (non-hydrogen) atoms. The van der Waals surface area contributed by atoms with Crippen LogP contribution in [0.5, 0.6) is 5.75 Å². The first-order valence-corrected chi connectivity index (χ1v) is 15.5. The number of benzene rings is 1. The average Bonchev–Trinajstić information content (AvgIpc) is 3.02. The van der Waals surface area contributed by atoms with Gasteiger partial charge in [0, 0.05) is 69.9 Å². The third-order valence-corrected chi connectivity index (χ3v) is 8.51. The summed E-state index contributed by atoms with van der Waals surface area (Å²) in [5, 5.41) is 39.0. The van der Waals surface area contributed by atoms with Gasteiger partial charge in [0.1, 0.15) is 17.4 Å². The molecule has 0 unspecified atom stereocenters. The van der Waals surface area contributed by atoms with Gasteiger partial charge < -0.3 is 35.0 Å². The Bertz CT molecular complexity index is 1180. The van der Waals surface area contributed by atoms with Crippen molar-refractivity contribution in [3.63, 3.8) is 0 Å². The van der Waals surface area contributed by atoms with Gasteiger partial charge in [-0.15, -0.1) is 0 Å². The Kier molecular flexibility index (Phi) is 12.9. The molecule has 0 bridgehead atoms. The Morgan fingerprint density at radius 2 is 1.64 bits per heavy atom. The molecule has 0 radical (unpaired) electrons. The molecule has 3 heterocycles. The van der Waals surface area contributed by atoms with Crippen LogP contribution in [0.25, 0.3) is 0 Å². The first kappa shape index (κ1) is 34.2. The topological polar surface area (TPSA) is 143 Å². The summed E-state index contributed by atoms with van der Waals surface area (Å²) in [5.74, 6) is -0.774. The van der Waals surface area contributed by atoms with Gasteiger partial charge in [-0.1, -0.05) is 11.6 Å². The standard InChI is InChI=1S/C30H42ClF2N5O6/c31-21-16-34-30(35-17-21)38-5-3-20(4-6-38)2-1-11-44-23-13-25(32)24(26(33)14-23)15-29(43)37-9-7-36(8-10-37)18-28(42)27(41)12-22(40)19-39/h13-14,16-17,20,22,27-28,39-42H,1-12,15,18-19H2/t22-,27-,28-/m0/s1. The van der Waals surface area contributed by atoms with Crippen molar-refractivity contribution in [2.75, 3.05) is 63.9 Å². The van der Waals surface area contributed by atoms with E-state index in [4.69, 9.17) is 21.4 Å². The quantitative estimate of drug-likeness (QED) is 0.225. The normalized spacial score (nSPS) is 18.7. The van der Waals surface area contributed by atoms with Crippen molar-refractivity contribution < 1.29 is 38.7 Å². The number of nitrogens with zero attached hydrogens (tertiary/aromatic N) is 5. The SMILES string of the molecule is O=C(Cc1c(F)cc(OCCCC2CCN(c3ncc(Cl)cn3)CC2)cc1F)N1CCN(C[C@H](O)[C@@H](O)C[C@H](O)CO)CC1. The van der Waals surface area contributed by atoms with Crippen molar-refractivity contribution in [1.29, 1.82) is 0 Å². The van der Waals surface area contributed by atoms with Gasteiger partial charge in [-0.25, -0.2) is 18.7 Å². The van der Waals surface area contributed by atoms with E-state index in [1.807, 2.05) is 4.90 Å². The molecule has 0 saturated carbocycles. The second kappa shape index (κ2) is 16.6. The monoisotopic (exact) mass is 641 g/mol. The number of β-amino-alcohol motifs (C(OH)–C–C–N with tert-alkyl or cyclic N) is 1. The largest absolute Gasteiger partial charge is 0.493 e. The number of hydrogen-bond acceptors (Lipinski definition) is 10. The molecule has 244 valence electrons. The number of ether oxygens (including phenoxy) is 1. The van der Waals surface area contributed by atoms with Gasteiger partial charge in [0.15, 0.2) is 0 Å². The van der Waals surface area contributed by atoms with Gasteiger partial charge in [0.25, 0.3) is 0 Å². The maximum atomic E-state index is 14.8. The van der Waals surface area contributed by atoms with Gasteiger partial charge >= 0.3 is 0 Å². The summed E-state index contributed by atoms with van der Waals surface area (Å²) in [4.78, 5) is 26.9. The number of hydrogen-bond donors (Lipinski definition) is 4. The number of aliphatic hydroxyl groups excluding tert-OH is 4. The Labute approximate surface area is 261 Å². The number of amides is 1. The predicted molar refractivity (Wildman–Crippen MR) is 160 cm³/mol. The van der Waals surface area contributed by atoms with Gasteiger partial charge in [-0.05, 0) is 31.6 Å². The van der Waals surface area contributed by atoms with Crippen LogP contribution in [0.1, 0.15) is 37.7 Å². The third-order valence-electron chi connectivity index (χ3n) is 8.31. The lowest BCUT2D eigenvalue weighted by atomic mass is 9.92. The zero-order valence-corrected chi connectivity index (χ0v) is 25.5. The summed E-state index contributed by atoms with van der Waals surface area (Å²) < 4.78 is 35.3. The second-order valence-corrected chi connectivity index (χ2v) is 12.0. The molecule has 11 nitrogen and oxygen atoms in total. The van der Waals surface area contributed by atoms with E-state index in [1.54, 1.807) is 12.4 Å². The summed E-state index contributed by atoms with van der Waals surface area (Å²) in [6.45, 7) is 3.08. The highest BCUT2D eigenvalue weighted by molar-refractivity contribution is 6.30. The molecule has 2 aromatic rings. The summed E-state index contributed by atoms with van der Waals surface area (Å²) in [6, 6.07) is 2.24. The summed E-state index contributed by atoms with van der Waals surface area (Å²) in [7, 11) is 0. The van der Waals surface area contributed by atoms with E-state index in [-0.39, 0.29) is 24.3 Å². The van der Waals surface area contributed by atoms with Crippen LogP contribution in [0.2, 0.25) is 5.02 Å². The third kappa shape index (κ3) is 9.91. The zero-order valence-electron chi connectivity index (χ0n) is 24.7. The zero-order chi connectivity index (χ0) is 31.6. The first-order valence-electron chi connectivity index (χ1n) is 15.1. The van der Waals surface area contributed by atoms with Gasteiger partial charge in [0.2, 0.25) is 11.9 Å². The van der Waals surface area contributed by atoms with Crippen molar-refractivity contribution in [3.8, 4) is 5.75 Å². The maximum absolute atomic E-state index is 14.8. The summed E-state index contributed by atoms with van der Waals surface area (Å²) in [6.07, 6.45) is 2.84. The molecule has 0 aliphatic carbocycles. The molecule has 2 aliphatic heterocycles. The molecule has 3 atom stereocenters. The number of aromatic nitrogens is 2. The number of halogens is 3. The molecular formula is C30H42ClF2N5O6. The Balaban J connectivity index is 1.15. The highest BCUT2D eigenvalue weighted by atomic mass is 35.5. The minimum atomic E-state index is -1.20. The highest BCUT2D eigenvalue weighted by Crippen LogP contribution is 2.26. The molecule has 0 spiro atoms. The smallest absolute Gasteiger partial charge is 0.227 e. The minimum Gasteiger partial charge on any atom is -0.493 e. The molecule has 4 rings (SSSR count). The first-order chi connectivity index (χ1) is 21.1. The summed E-state index contributed by atoms with van der Waals surface area (Å²) >= 11 is 5.86. The van der Waals surface area contributed by atoms with Gasteiger partial charge in [-0.3, -0.25) is 9.69 Å². The van der Waals surface area contributed by atoms with Gasteiger partial charge in [0.05, 0.1) is 55.4 Å². The number of carbonyl (C=O) groups is 1. The van der Waals surface area contributed by atoms with Crippen LogP contribution < -0.4 is 9.64 Å². The van der Waals surface area contributed by atoms with Gasteiger partial charge in [-0.2, -0.15) is 0 Å². The van der Waals surface area contributed by atoms with Crippen LogP contribution in [0.3, 0.4) is 0 Å². The fraction of sp³-hybridized carbons (Fsp3) is 0.633. The Morgan fingerprint density at radius 3 is 2.25 bits per heavy atom. The van der Waals surface area contributed by atoms with Crippen LogP contribution in [0, 0.1) is 17.6 Å². The van der Waals surface area contributed by atoms with E-state index in [9.17, 15) is 28.9 Å². The molecule has 1 aromatic carbocycles. The molecule has 2 fully saturated rings. The van der Waals surface area contributed by atoms with Crippen molar-refractivity contribution in [2.45, 2.75) is 56.8 Å². The van der Waals surface area contributed by atoms with E-state index >= 15 is 0 Å². The molecule has 4 N–H and O–H groups in total. The molecule has 14 heteroatoms. The average molecular weight is 642 g/mol. The number of aliphatic hydroxyl groups is 4. The lowest BCUT2D eigenvalue weighted by Gasteiger charge is -2.36. The van der Waals surface area contributed by atoms with E-state index in [0.717, 1.165) is 50.9 Å². The fourth-order valence-corrected chi connectivity index (χ4v) is 5.72. The number of anilines is 1. The second-order valence-electron chi connectivity index (χ2n) is 11.6. The lowest BCUT2D eigenvalue weighted by molar-refractivity contribution is -0.132. The van der Waals surface area contributed by atoms with Crippen LogP contribution in [-0.4, -0.2) is 123 Å². The van der Waals surface area contributed by atoms with E-state index < -0.39 is 48.9 Å².